The van der Waals surface area contributed by atoms with Crippen LogP contribution in [0.25, 0.3) is 10.9 Å². The molecule has 1 aliphatic rings. The lowest BCUT2D eigenvalue weighted by Gasteiger charge is -2.35. The average molecular weight is 256 g/mol. The Hall–Kier alpha value is -1.77. The van der Waals surface area contributed by atoms with Gasteiger partial charge in [0.25, 0.3) is 5.91 Å². The standard InChI is InChI=1S/C16H20N2O/c1-2-14-5-3-4-10-18(14)16(19)13-6-7-15-12(11-13)8-9-17-15/h6-9,11,14,17H,2-5,10H2,1H3. The Labute approximate surface area is 113 Å². The molecule has 2 aromatic rings. The van der Waals surface area contributed by atoms with Gasteiger partial charge < -0.3 is 9.88 Å². The highest BCUT2D eigenvalue weighted by Gasteiger charge is 2.26. The monoisotopic (exact) mass is 256 g/mol. The third-order valence-corrected chi connectivity index (χ3v) is 4.16. The third kappa shape index (κ3) is 2.25. The summed E-state index contributed by atoms with van der Waals surface area (Å²) in [4.78, 5) is 17.9. The zero-order valence-corrected chi connectivity index (χ0v) is 11.4. The van der Waals surface area contributed by atoms with Crippen LogP contribution in [0.2, 0.25) is 0 Å². The van der Waals surface area contributed by atoms with E-state index >= 15 is 0 Å². The summed E-state index contributed by atoms with van der Waals surface area (Å²) in [6.45, 7) is 3.08. The lowest BCUT2D eigenvalue weighted by atomic mass is 9.98. The first-order valence-corrected chi connectivity index (χ1v) is 7.17. The van der Waals surface area contributed by atoms with E-state index < -0.39 is 0 Å². The number of carbonyl (C=O) groups excluding carboxylic acids is 1. The number of hydrogen-bond acceptors (Lipinski definition) is 1. The molecule has 100 valence electrons. The van der Waals surface area contributed by atoms with Gasteiger partial charge in [0.15, 0.2) is 0 Å². The van der Waals surface area contributed by atoms with Crippen LogP contribution in [0.1, 0.15) is 43.0 Å². The topological polar surface area (TPSA) is 36.1 Å². The third-order valence-electron chi connectivity index (χ3n) is 4.16. The van der Waals surface area contributed by atoms with Gasteiger partial charge in [-0.25, -0.2) is 0 Å². The van der Waals surface area contributed by atoms with Gasteiger partial charge in [-0.05, 0) is 49.9 Å². The molecule has 0 aliphatic carbocycles. The Morgan fingerprint density at radius 3 is 3.11 bits per heavy atom. The summed E-state index contributed by atoms with van der Waals surface area (Å²) in [5.74, 6) is 0.189. The van der Waals surface area contributed by atoms with E-state index in [4.69, 9.17) is 0 Å². The molecule has 1 fully saturated rings. The molecule has 1 aromatic carbocycles. The number of H-pyrrole nitrogens is 1. The van der Waals surface area contributed by atoms with Crippen LogP contribution in [0.15, 0.2) is 30.5 Å². The summed E-state index contributed by atoms with van der Waals surface area (Å²) < 4.78 is 0. The number of nitrogens with zero attached hydrogens (tertiary/aromatic N) is 1. The van der Waals surface area contributed by atoms with E-state index in [0.717, 1.165) is 42.3 Å². The number of likely N-dealkylation sites (tertiary alicyclic amines) is 1. The first-order valence-electron chi connectivity index (χ1n) is 7.17. The van der Waals surface area contributed by atoms with Gasteiger partial charge in [0.2, 0.25) is 0 Å². The van der Waals surface area contributed by atoms with Crippen LogP contribution >= 0.6 is 0 Å². The molecule has 1 aromatic heterocycles. The van der Waals surface area contributed by atoms with Gasteiger partial charge in [-0.15, -0.1) is 0 Å². The fourth-order valence-electron chi connectivity index (χ4n) is 3.04. The van der Waals surface area contributed by atoms with Gasteiger partial charge in [0.1, 0.15) is 0 Å². The largest absolute Gasteiger partial charge is 0.361 e. The molecule has 1 saturated heterocycles. The number of piperidine rings is 1. The number of aromatic amines is 1. The van der Waals surface area contributed by atoms with Crippen molar-refractivity contribution in [3.05, 3.63) is 36.0 Å². The van der Waals surface area contributed by atoms with E-state index in [0.29, 0.717) is 6.04 Å². The molecular weight excluding hydrogens is 236 g/mol. The maximum absolute atomic E-state index is 12.7. The molecule has 1 amide bonds. The molecule has 0 saturated carbocycles. The summed E-state index contributed by atoms with van der Waals surface area (Å²) in [5.41, 5.74) is 1.90. The minimum absolute atomic E-state index is 0.189. The number of fused-ring (bicyclic) bond motifs is 1. The van der Waals surface area contributed by atoms with E-state index in [-0.39, 0.29) is 5.91 Å². The number of hydrogen-bond donors (Lipinski definition) is 1. The fourth-order valence-corrected chi connectivity index (χ4v) is 3.04. The van der Waals surface area contributed by atoms with Crippen molar-refractivity contribution in [1.29, 1.82) is 0 Å². The SMILES string of the molecule is CCC1CCCCN1C(=O)c1ccc2[nH]ccc2c1. The van der Waals surface area contributed by atoms with E-state index in [1.807, 2.05) is 30.5 Å². The molecule has 2 heterocycles. The molecular formula is C16H20N2O. The summed E-state index contributed by atoms with van der Waals surface area (Å²) in [7, 11) is 0. The number of benzene rings is 1. The minimum Gasteiger partial charge on any atom is -0.361 e. The Balaban J connectivity index is 1.89. The van der Waals surface area contributed by atoms with Crippen molar-refractivity contribution in [2.75, 3.05) is 6.54 Å². The van der Waals surface area contributed by atoms with E-state index in [9.17, 15) is 4.79 Å². The highest BCUT2D eigenvalue weighted by Crippen LogP contribution is 2.23. The van der Waals surface area contributed by atoms with Crippen molar-refractivity contribution in [3.8, 4) is 0 Å². The highest BCUT2D eigenvalue weighted by atomic mass is 16.2. The molecule has 0 radical (unpaired) electrons. The quantitative estimate of drug-likeness (QED) is 0.876. The van der Waals surface area contributed by atoms with Crippen molar-refractivity contribution in [2.45, 2.75) is 38.6 Å². The predicted octanol–water partition coefficient (Wildman–Crippen LogP) is 3.57. The molecule has 1 unspecified atom stereocenters. The van der Waals surface area contributed by atoms with Crippen molar-refractivity contribution in [1.82, 2.24) is 9.88 Å². The van der Waals surface area contributed by atoms with Crippen LogP contribution in [-0.2, 0) is 0 Å². The molecule has 1 N–H and O–H groups in total. The minimum atomic E-state index is 0.189. The van der Waals surface area contributed by atoms with Crippen LogP contribution < -0.4 is 0 Å². The second-order valence-electron chi connectivity index (χ2n) is 5.34. The summed E-state index contributed by atoms with van der Waals surface area (Å²) in [6, 6.07) is 8.36. The van der Waals surface area contributed by atoms with Crippen LogP contribution in [0, 0.1) is 0 Å². The fraction of sp³-hybridized carbons (Fsp3) is 0.438. The van der Waals surface area contributed by atoms with Crippen molar-refractivity contribution in [3.63, 3.8) is 0 Å². The maximum atomic E-state index is 12.7. The van der Waals surface area contributed by atoms with E-state index in [2.05, 4.69) is 16.8 Å². The molecule has 19 heavy (non-hydrogen) atoms. The highest BCUT2D eigenvalue weighted by molar-refractivity contribution is 5.98. The van der Waals surface area contributed by atoms with Crippen molar-refractivity contribution in [2.24, 2.45) is 0 Å². The summed E-state index contributed by atoms with van der Waals surface area (Å²) >= 11 is 0. The van der Waals surface area contributed by atoms with Gasteiger partial charge in [0, 0.05) is 35.2 Å². The molecule has 0 spiro atoms. The smallest absolute Gasteiger partial charge is 0.254 e. The van der Waals surface area contributed by atoms with Crippen LogP contribution in [-0.4, -0.2) is 28.4 Å². The van der Waals surface area contributed by atoms with Crippen LogP contribution in [0.4, 0.5) is 0 Å². The molecule has 0 bridgehead atoms. The zero-order chi connectivity index (χ0) is 13.2. The first kappa shape index (κ1) is 12.3. The second-order valence-corrected chi connectivity index (χ2v) is 5.34. The molecule has 3 rings (SSSR count). The number of aromatic nitrogens is 1. The van der Waals surface area contributed by atoms with E-state index in [1.165, 1.54) is 6.42 Å². The van der Waals surface area contributed by atoms with Crippen molar-refractivity contribution >= 4 is 16.8 Å². The van der Waals surface area contributed by atoms with Gasteiger partial charge in [0.05, 0.1) is 0 Å². The molecule has 3 heteroatoms. The zero-order valence-electron chi connectivity index (χ0n) is 11.4. The second kappa shape index (κ2) is 5.08. The number of carbonyl (C=O) groups is 1. The van der Waals surface area contributed by atoms with Gasteiger partial charge >= 0.3 is 0 Å². The molecule has 1 atom stereocenters. The van der Waals surface area contributed by atoms with Crippen LogP contribution in [0.3, 0.4) is 0 Å². The first-order chi connectivity index (χ1) is 9.29. The summed E-state index contributed by atoms with van der Waals surface area (Å²) in [5, 5.41) is 1.11. The van der Waals surface area contributed by atoms with Crippen LogP contribution in [0.5, 0.6) is 0 Å². The van der Waals surface area contributed by atoms with Gasteiger partial charge in [-0.3, -0.25) is 4.79 Å². The molecule has 1 aliphatic heterocycles. The number of rotatable bonds is 2. The van der Waals surface area contributed by atoms with Gasteiger partial charge in [-0.2, -0.15) is 0 Å². The Kier molecular flexibility index (Phi) is 3.28. The Morgan fingerprint density at radius 1 is 1.37 bits per heavy atom. The normalized spacial score (nSPS) is 19.8. The summed E-state index contributed by atoms with van der Waals surface area (Å²) in [6.07, 6.45) is 6.50. The van der Waals surface area contributed by atoms with Crippen molar-refractivity contribution < 1.29 is 4.79 Å². The average Bonchev–Trinajstić information content (AvgIpc) is 2.93. The Morgan fingerprint density at radius 2 is 2.26 bits per heavy atom. The number of amides is 1. The Bertz CT molecular complexity index is 587. The molecule has 3 nitrogen and oxygen atoms in total. The predicted molar refractivity (Wildman–Crippen MR) is 77.3 cm³/mol. The van der Waals surface area contributed by atoms with E-state index in [1.54, 1.807) is 0 Å². The maximum Gasteiger partial charge on any atom is 0.254 e. The van der Waals surface area contributed by atoms with Gasteiger partial charge in [-0.1, -0.05) is 6.92 Å². The number of nitrogens with one attached hydrogen (secondary N) is 1. The lowest BCUT2D eigenvalue weighted by molar-refractivity contribution is 0.0608. The lowest BCUT2D eigenvalue weighted by Crippen LogP contribution is -2.43.